The molecule has 4 radical (unpaired) electrons. The summed E-state index contributed by atoms with van der Waals surface area (Å²) in [5.74, 6) is -2.23. The number of carbonyl (C=O) groups excluding carboxylic acids is 1. The van der Waals surface area contributed by atoms with Gasteiger partial charge in [-0.2, -0.15) is 13.2 Å². The predicted octanol–water partition coefficient (Wildman–Crippen LogP) is 3.12. The topological polar surface area (TPSA) is 93.1 Å². The maximum absolute atomic E-state index is 14.6. The van der Waals surface area contributed by atoms with Crippen LogP contribution in [0.3, 0.4) is 0 Å². The van der Waals surface area contributed by atoms with Crippen molar-refractivity contribution in [1.29, 1.82) is 0 Å². The average molecular weight is 524 g/mol. The number of hydrogen-bond acceptors (Lipinski definition) is 7. The summed E-state index contributed by atoms with van der Waals surface area (Å²) in [5.41, 5.74) is -0.312. The number of aryl methyl sites for hydroxylation is 1. The van der Waals surface area contributed by atoms with E-state index in [1.807, 2.05) is 0 Å². The molecule has 14 heteroatoms. The van der Waals surface area contributed by atoms with E-state index in [2.05, 4.69) is 25.3 Å². The molecule has 38 heavy (non-hydrogen) atoms. The molecule has 4 heterocycles. The molecule has 0 bridgehead atoms. The Morgan fingerprint density at radius 2 is 1.84 bits per heavy atom. The number of aromatic nitrogens is 4. The number of anilines is 1. The zero-order valence-electron chi connectivity index (χ0n) is 20.7. The predicted molar refractivity (Wildman–Crippen MR) is 132 cm³/mol. The van der Waals surface area contributed by atoms with Gasteiger partial charge in [0.15, 0.2) is 17.5 Å². The Labute approximate surface area is 219 Å². The Morgan fingerprint density at radius 1 is 1.16 bits per heavy atom. The zero-order chi connectivity index (χ0) is 27.8. The van der Waals surface area contributed by atoms with Crippen LogP contribution < -0.4 is 5.32 Å². The van der Waals surface area contributed by atoms with Crippen LogP contribution in [0.4, 0.5) is 23.4 Å². The Kier molecular flexibility index (Phi) is 7.46. The fourth-order valence-electron chi connectivity index (χ4n) is 4.42. The molecular formula is C24H22B2F4N6O2. The molecule has 3 aromatic heterocycles. The zero-order valence-corrected chi connectivity index (χ0v) is 20.7. The molecule has 1 amide bonds. The highest BCUT2D eigenvalue weighted by Crippen LogP contribution is 2.33. The molecule has 3 aromatic rings. The Hall–Kier alpha value is -3.54. The molecule has 0 aromatic carbocycles. The van der Waals surface area contributed by atoms with E-state index in [0.29, 0.717) is 17.5 Å². The van der Waals surface area contributed by atoms with Crippen LogP contribution in [-0.2, 0) is 10.9 Å². The van der Waals surface area contributed by atoms with Gasteiger partial charge in [-0.05, 0) is 50.4 Å². The molecule has 1 fully saturated rings. The molecule has 194 valence electrons. The van der Waals surface area contributed by atoms with E-state index in [1.165, 1.54) is 17.3 Å². The smallest absolute Gasteiger partial charge is 0.377 e. The van der Waals surface area contributed by atoms with Crippen LogP contribution in [0, 0.1) is 12.7 Å². The van der Waals surface area contributed by atoms with Gasteiger partial charge in [-0.1, -0.05) is 0 Å². The first-order valence-corrected chi connectivity index (χ1v) is 11.6. The second kappa shape index (κ2) is 10.3. The molecule has 1 saturated heterocycles. The normalized spacial score (nSPS) is 20.3. The van der Waals surface area contributed by atoms with Gasteiger partial charge in [0.05, 0.1) is 45.1 Å². The van der Waals surface area contributed by atoms with Crippen LogP contribution in [0.1, 0.15) is 35.6 Å². The van der Waals surface area contributed by atoms with E-state index in [4.69, 9.17) is 20.4 Å². The van der Waals surface area contributed by atoms with Gasteiger partial charge in [-0.25, -0.2) is 24.3 Å². The number of carbonyl (C=O) groups is 1. The van der Waals surface area contributed by atoms with E-state index < -0.39 is 52.9 Å². The van der Waals surface area contributed by atoms with Crippen molar-refractivity contribution in [3.8, 4) is 11.4 Å². The molecule has 4 rings (SSSR count). The number of halogens is 4. The van der Waals surface area contributed by atoms with E-state index in [-0.39, 0.29) is 24.1 Å². The first-order chi connectivity index (χ1) is 17.8. The summed E-state index contributed by atoms with van der Waals surface area (Å²) >= 11 is 0. The quantitative estimate of drug-likeness (QED) is 0.405. The van der Waals surface area contributed by atoms with Gasteiger partial charge in [0, 0.05) is 30.8 Å². The monoisotopic (exact) mass is 524 g/mol. The first-order valence-electron chi connectivity index (χ1n) is 11.6. The van der Waals surface area contributed by atoms with Crippen LogP contribution in [0.2, 0.25) is 0 Å². The minimum Gasteiger partial charge on any atom is -0.377 e. The average Bonchev–Trinajstić information content (AvgIpc) is 2.83. The van der Waals surface area contributed by atoms with Gasteiger partial charge >= 0.3 is 6.18 Å². The molecule has 1 aliphatic rings. The summed E-state index contributed by atoms with van der Waals surface area (Å²) in [4.78, 5) is 31.7. The van der Waals surface area contributed by atoms with Gasteiger partial charge in [0.2, 0.25) is 0 Å². The van der Waals surface area contributed by atoms with Crippen molar-refractivity contribution in [3.05, 3.63) is 65.6 Å². The van der Waals surface area contributed by atoms with Crippen LogP contribution in [0.25, 0.3) is 11.4 Å². The number of amides is 1. The highest BCUT2D eigenvalue weighted by molar-refractivity contribution is 6.42. The number of pyridine rings is 2. The SMILES string of the molecule is [B]C([B])(Nc1ncc(C(F)(F)F)cc1F)C1C(C)OC(C)CN1C(=O)c1nc(C)ccc1-c1ncccn1. The number of nitrogens with one attached hydrogen (secondary N) is 1. The second-order valence-electron chi connectivity index (χ2n) is 9.09. The minimum atomic E-state index is -4.79. The third-order valence-electron chi connectivity index (χ3n) is 5.98. The first kappa shape index (κ1) is 27.5. The van der Waals surface area contributed by atoms with Crippen molar-refractivity contribution in [2.45, 2.75) is 50.5 Å². The Balaban J connectivity index is 1.72. The fourth-order valence-corrected chi connectivity index (χ4v) is 4.42. The Morgan fingerprint density at radius 3 is 2.47 bits per heavy atom. The second-order valence-corrected chi connectivity index (χ2v) is 9.09. The van der Waals surface area contributed by atoms with Crippen LogP contribution >= 0.6 is 0 Å². The summed E-state index contributed by atoms with van der Waals surface area (Å²) in [6.45, 7) is 5.12. The molecule has 0 saturated carbocycles. The summed E-state index contributed by atoms with van der Waals surface area (Å²) in [6.07, 6.45) is -2.49. The van der Waals surface area contributed by atoms with E-state index in [1.54, 1.807) is 39.0 Å². The molecule has 1 N–H and O–H groups in total. The van der Waals surface area contributed by atoms with E-state index in [0.717, 1.165) is 0 Å². The maximum Gasteiger partial charge on any atom is 0.417 e. The minimum absolute atomic E-state index is 0.0390. The maximum atomic E-state index is 14.6. The molecule has 3 atom stereocenters. The van der Waals surface area contributed by atoms with Crippen molar-refractivity contribution in [1.82, 2.24) is 24.8 Å². The van der Waals surface area contributed by atoms with Crippen molar-refractivity contribution >= 4 is 27.4 Å². The van der Waals surface area contributed by atoms with Gasteiger partial charge in [-0.15, -0.1) is 0 Å². The lowest BCUT2D eigenvalue weighted by molar-refractivity contribution is -0.138. The number of nitrogens with zero attached hydrogens (tertiary/aromatic N) is 5. The molecular weight excluding hydrogens is 502 g/mol. The third kappa shape index (κ3) is 5.64. The number of alkyl halides is 3. The summed E-state index contributed by atoms with van der Waals surface area (Å²) in [6, 6.07) is 4.17. The standard InChI is InChI=1S/C24H22B2F4N6O2/c1-12-5-6-16(20-31-7-4-8-32-20)18(34-12)22(37)36-11-13(2)38-14(3)19(36)23(25,26)35-21-17(27)9-15(10-33-21)24(28,29)30/h4-10,13-14,19H,11H2,1-3H3,(H,33,35). The molecule has 8 nitrogen and oxygen atoms in total. The van der Waals surface area contributed by atoms with Gasteiger partial charge in [-0.3, -0.25) is 4.79 Å². The van der Waals surface area contributed by atoms with Crippen molar-refractivity contribution in [2.24, 2.45) is 0 Å². The number of morpholine rings is 1. The lowest BCUT2D eigenvalue weighted by atomic mass is 9.55. The lowest BCUT2D eigenvalue weighted by Crippen LogP contribution is -2.68. The molecule has 1 aliphatic heterocycles. The van der Waals surface area contributed by atoms with Gasteiger partial charge in [0.25, 0.3) is 5.91 Å². The highest BCUT2D eigenvalue weighted by atomic mass is 19.4. The number of ether oxygens (including phenoxy) is 1. The van der Waals surface area contributed by atoms with Crippen molar-refractivity contribution < 1.29 is 27.1 Å². The third-order valence-corrected chi connectivity index (χ3v) is 5.98. The van der Waals surface area contributed by atoms with Crippen molar-refractivity contribution in [3.63, 3.8) is 0 Å². The summed E-state index contributed by atoms with van der Waals surface area (Å²) < 4.78 is 59.3. The summed E-state index contributed by atoms with van der Waals surface area (Å²) in [5, 5.41) is 0.370. The largest absolute Gasteiger partial charge is 0.417 e. The molecule has 0 aliphatic carbocycles. The fraction of sp³-hybridized carbons (Fsp3) is 0.375. The van der Waals surface area contributed by atoms with Crippen LogP contribution in [0.15, 0.2) is 42.9 Å². The highest BCUT2D eigenvalue weighted by Gasteiger charge is 2.45. The van der Waals surface area contributed by atoms with E-state index >= 15 is 0 Å². The van der Waals surface area contributed by atoms with Crippen molar-refractivity contribution in [2.75, 3.05) is 11.9 Å². The summed E-state index contributed by atoms with van der Waals surface area (Å²) in [7, 11) is 12.7. The lowest BCUT2D eigenvalue weighted by Gasteiger charge is -2.51. The Bertz CT molecular complexity index is 1330. The van der Waals surface area contributed by atoms with Crippen LogP contribution in [-0.4, -0.2) is 76.6 Å². The number of rotatable bonds is 5. The molecule has 3 unspecified atom stereocenters. The van der Waals surface area contributed by atoms with Gasteiger partial charge < -0.3 is 15.0 Å². The van der Waals surface area contributed by atoms with E-state index in [9.17, 15) is 22.4 Å². The van der Waals surface area contributed by atoms with Gasteiger partial charge in [0.1, 0.15) is 5.69 Å². The molecule has 0 spiro atoms. The number of hydrogen-bond donors (Lipinski definition) is 1. The van der Waals surface area contributed by atoms with Crippen LogP contribution in [0.5, 0.6) is 0 Å².